The van der Waals surface area contributed by atoms with E-state index in [9.17, 15) is 8.42 Å². The second-order valence-corrected chi connectivity index (χ2v) is 12.8. The standard InChI is InChI=1S/C17H25NO2SSi/c1-16-10-12-17(13-11-16)21(19,20)18-14-8-6-5-7-9-15-22(2,3)4/h5,7,10-13,18H,6,8,14H2,1-4H3/b7-5+. The number of allylic oxidation sites excluding steroid dienone is 2. The molecule has 22 heavy (non-hydrogen) atoms. The molecule has 0 aliphatic rings. The molecule has 0 unspecified atom stereocenters. The van der Waals surface area contributed by atoms with E-state index in [1.807, 2.05) is 19.1 Å². The van der Waals surface area contributed by atoms with Crippen molar-refractivity contribution < 1.29 is 8.42 Å². The van der Waals surface area contributed by atoms with E-state index >= 15 is 0 Å². The molecule has 0 heterocycles. The van der Waals surface area contributed by atoms with Gasteiger partial charge in [-0.3, -0.25) is 0 Å². The summed E-state index contributed by atoms with van der Waals surface area (Å²) >= 11 is 0. The summed E-state index contributed by atoms with van der Waals surface area (Å²) in [7, 11) is -4.69. The molecular weight excluding hydrogens is 310 g/mol. The van der Waals surface area contributed by atoms with Gasteiger partial charge in [0, 0.05) is 6.54 Å². The van der Waals surface area contributed by atoms with Crippen LogP contribution in [0.5, 0.6) is 0 Å². The minimum atomic E-state index is -3.39. The van der Waals surface area contributed by atoms with E-state index in [4.69, 9.17) is 0 Å². The number of unbranched alkanes of at least 4 members (excludes halogenated alkanes) is 1. The molecule has 1 N–H and O–H groups in total. The Morgan fingerprint density at radius 1 is 1.18 bits per heavy atom. The van der Waals surface area contributed by atoms with Gasteiger partial charge in [-0.2, -0.15) is 0 Å². The van der Waals surface area contributed by atoms with Gasteiger partial charge < -0.3 is 0 Å². The van der Waals surface area contributed by atoms with Crippen LogP contribution in [0.4, 0.5) is 0 Å². The largest absolute Gasteiger partial charge is 0.240 e. The van der Waals surface area contributed by atoms with Crippen molar-refractivity contribution in [3.63, 3.8) is 0 Å². The first-order valence-corrected chi connectivity index (χ1v) is 12.4. The maximum Gasteiger partial charge on any atom is 0.240 e. The first-order chi connectivity index (χ1) is 10.2. The summed E-state index contributed by atoms with van der Waals surface area (Å²) in [6.07, 6.45) is 5.44. The molecule has 0 amide bonds. The molecule has 0 aliphatic heterocycles. The van der Waals surface area contributed by atoms with Crippen molar-refractivity contribution >= 4 is 18.1 Å². The van der Waals surface area contributed by atoms with Gasteiger partial charge in [0.25, 0.3) is 0 Å². The Balaban J connectivity index is 2.36. The van der Waals surface area contributed by atoms with Gasteiger partial charge in [-0.15, -0.1) is 5.54 Å². The van der Waals surface area contributed by atoms with Crippen molar-refractivity contribution in [3.05, 3.63) is 42.0 Å². The zero-order valence-corrected chi connectivity index (χ0v) is 15.6. The zero-order chi connectivity index (χ0) is 16.6. The zero-order valence-electron chi connectivity index (χ0n) is 13.8. The van der Waals surface area contributed by atoms with Crippen LogP contribution < -0.4 is 4.72 Å². The van der Waals surface area contributed by atoms with Crippen molar-refractivity contribution in [3.8, 4) is 11.5 Å². The Morgan fingerprint density at radius 2 is 1.82 bits per heavy atom. The smallest absolute Gasteiger partial charge is 0.211 e. The molecule has 3 nitrogen and oxygen atoms in total. The lowest BCUT2D eigenvalue weighted by Gasteiger charge is -2.06. The van der Waals surface area contributed by atoms with Gasteiger partial charge in [0.2, 0.25) is 10.0 Å². The fraction of sp³-hybridized carbons (Fsp3) is 0.412. The highest BCUT2D eigenvalue weighted by Gasteiger charge is 2.12. The minimum absolute atomic E-state index is 0.314. The average molecular weight is 336 g/mol. The highest BCUT2D eigenvalue weighted by atomic mass is 32.2. The SMILES string of the molecule is Cc1ccc(S(=O)(=O)NCCC/C=C/C#C[Si](C)(C)C)cc1. The lowest BCUT2D eigenvalue weighted by molar-refractivity contribution is 0.579. The van der Waals surface area contributed by atoms with Crippen molar-refractivity contribution in [2.24, 2.45) is 0 Å². The van der Waals surface area contributed by atoms with E-state index in [1.54, 1.807) is 24.3 Å². The molecule has 1 aromatic rings. The predicted molar refractivity (Wildman–Crippen MR) is 95.9 cm³/mol. The normalized spacial score (nSPS) is 12.2. The predicted octanol–water partition coefficient (Wildman–Crippen LogP) is 3.49. The first kappa shape index (κ1) is 18.7. The number of benzene rings is 1. The Morgan fingerprint density at radius 3 is 2.41 bits per heavy atom. The Kier molecular flexibility index (Phi) is 7.07. The van der Waals surface area contributed by atoms with Crippen LogP contribution in [0.3, 0.4) is 0 Å². The maximum absolute atomic E-state index is 12.0. The van der Waals surface area contributed by atoms with E-state index in [1.165, 1.54) is 0 Å². The van der Waals surface area contributed by atoms with Gasteiger partial charge in [0.15, 0.2) is 0 Å². The lowest BCUT2D eigenvalue weighted by atomic mass is 10.2. The molecule has 0 aromatic heterocycles. The van der Waals surface area contributed by atoms with E-state index in [0.717, 1.165) is 18.4 Å². The summed E-state index contributed by atoms with van der Waals surface area (Å²) in [4.78, 5) is 0.314. The van der Waals surface area contributed by atoms with E-state index in [-0.39, 0.29) is 0 Å². The van der Waals surface area contributed by atoms with E-state index in [2.05, 4.69) is 35.8 Å². The number of nitrogens with one attached hydrogen (secondary N) is 1. The van der Waals surface area contributed by atoms with Gasteiger partial charge in [-0.25, -0.2) is 13.1 Å². The van der Waals surface area contributed by atoms with Gasteiger partial charge in [0.1, 0.15) is 8.07 Å². The summed E-state index contributed by atoms with van der Waals surface area (Å²) < 4.78 is 26.7. The third kappa shape index (κ3) is 7.60. The summed E-state index contributed by atoms with van der Waals surface area (Å²) in [6.45, 7) is 8.97. The Bertz CT molecular complexity index is 659. The van der Waals surface area contributed by atoms with Crippen molar-refractivity contribution in [2.45, 2.75) is 44.3 Å². The van der Waals surface area contributed by atoms with Crippen LogP contribution in [0.1, 0.15) is 18.4 Å². The number of hydrogen-bond acceptors (Lipinski definition) is 2. The van der Waals surface area contributed by atoms with Gasteiger partial charge in [0.05, 0.1) is 4.90 Å². The number of aryl methyl sites for hydroxylation is 1. The lowest BCUT2D eigenvalue weighted by Crippen LogP contribution is -2.24. The monoisotopic (exact) mass is 335 g/mol. The Hall–Kier alpha value is -1.35. The van der Waals surface area contributed by atoms with Crippen molar-refractivity contribution in [2.75, 3.05) is 6.54 Å². The summed E-state index contributed by atoms with van der Waals surface area (Å²) in [5.74, 6) is 3.06. The fourth-order valence-electron chi connectivity index (χ4n) is 1.63. The molecule has 1 aromatic carbocycles. The van der Waals surface area contributed by atoms with Gasteiger partial charge in [-0.1, -0.05) is 49.3 Å². The number of rotatable bonds is 6. The van der Waals surface area contributed by atoms with Crippen LogP contribution in [-0.4, -0.2) is 23.0 Å². The maximum atomic E-state index is 12.0. The van der Waals surface area contributed by atoms with Crippen LogP contribution in [0.25, 0.3) is 0 Å². The molecule has 120 valence electrons. The molecule has 0 bridgehead atoms. The van der Waals surface area contributed by atoms with E-state index < -0.39 is 18.1 Å². The van der Waals surface area contributed by atoms with Gasteiger partial charge in [-0.05, 0) is 38.0 Å². The highest BCUT2D eigenvalue weighted by molar-refractivity contribution is 7.89. The second-order valence-electron chi connectivity index (χ2n) is 6.27. The Labute approximate surface area is 135 Å². The molecule has 0 aliphatic carbocycles. The summed E-state index contributed by atoms with van der Waals surface area (Å²) in [5, 5.41) is 0. The minimum Gasteiger partial charge on any atom is -0.211 e. The van der Waals surface area contributed by atoms with Crippen LogP contribution >= 0.6 is 0 Å². The molecule has 0 saturated carbocycles. The molecule has 0 fully saturated rings. The molecular formula is C17H25NO2SSi. The second kappa shape index (κ2) is 8.32. The number of sulfonamides is 1. The molecule has 1 rings (SSSR count). The van der Waals surface area contributed by atoms with Gasteiger partial charge >= 0.3 is 0 Å². The average Bonchev–Trinajstić information content (AvgIpc) is 2.41. The van der Waals surface area contributed by atoms with Crippen molar-refractivity contribution in [1.82, 2.24) is 4.72 Å². The molecule has 0 atom stereocenters. The summed E-state index contributed by atoms with van der Waals surface area (Å²) in [6, 6.07) is 6.86. The van der Waals surface area contributed by atoms with Crippen LogP contribution in [0.15, 0.2) is 41.3 Å². The molecule has 0 radical (unpaired) electrons. The number of hydrogen-bond donors (Lipinski definition) is 1. The third-order valence-corrected chi connectivity index (χ3v) is 5.19. The van der Waals surface area contributed by atoms with E-state index in [0.29, 0.717) is 11.4 Å². The summed E-state index contributed by atoms with van der Waals surface area (Å²) in [5.41, 5.74) is 4.30. The molecule has 0 spiro atoms. The van der Waals surface area contributed by atoms with Crippen LogP contribution in [-0.2, 0) is 10.0 Å². The quantitative estimate of drug-likeness (QED) is 0.491. The first-order valence-electron chi connectivity index (χ1n) is 7.45. The van der Waals surface area contributed by atoms with Crippen LogP contribution in [0.2, 0.25) is 19.6 Å². The topological polar surface area (TPSA) is 46.2 Å². The molecule has 0 saturated heterocycles. The third-order valence-electron chi connectivity index (χ3n) is 2.82. The van der Waals surface area contributed by atoms with Crippen molar-refractivity contribution in [1.29, 1.82) is 0 Å². The van der Waals surface area contributed by atoms with Crippen LogP contribution in [0, 0.1) is 18.4 Å². The molecule has 5 heteroatoms. The highest BCUT2D eigenvalue weighted by Crippen LogP contribution is 2.09. The fourth-order valence-corrected chi connectivity index (χ4v) is 3.22.